The molecule has 0 aliphatic heterocycles. The first-order valence-electron chi connectivity index (χ1n) is 5.45. The highest BCUT2D eigenvalue weighted by atomic mass is 32.2. The zero-order valence-electron chi connectivity index (χ0n) is 9.48. The van der Waals surface area contributed by atoms with Gasteiger partial charge in [0.1, 0.15) is 0 Å². The van der Waals surface area contributed by atoms with Crippen LogP contribution in [-0.4, -0.2) is 22.7 Å². The number of rotatable bonds is 7. The number of aryl methyl sites for hydroxylation is 1. The average molecular weight is 244 g/mol. The van der Waals surface area contributed by atoms with Gasteiger partial charge in [-0.05, 0) is 46.9 Å². The Labute approximate surface area is 101 Å². The summed E-state index contributed by atoms with van der Waals surface area (Å²) in [5.41, 5.74) is 1.35. The standard InChI is InChI=1S/C12H20OS2/c1-10(2)7-15-9-12(13)4-3-11-5-6-14-8-11/h5-6,8,10,12-13H,3-4,7,9H2,1-2H3. The maximum Gasteiger partial charge on any atom is 0.0633 e. The summed E-state index contributed by atoms with van der Waals surface area (Å²) in [5.74, 6) is 2.75. The lowest BCUT2D eigenvalue weighted by molar-refractivity contribution is 0.189. The van der Waals surface area contributed by atoms with E-state index in [-0.39, 0.29) is 6.10 Å². The number of thiophene rings is 1. The first-order chi connectivity index (χ1) is 7.18. The Kier molecular flexibility index (Phi) is 6.37. The SMILES string of the molecule is CC(C)CSCC(O)CCc1ccsc1. The molecule has 0 saturated heterocycles. The van der Waals surface area contributed by atoms with Crippen molar-refractivity contribution in [2.75, 3.05) is 11.5 Å². The van der Waals surface area contributed by atoms with Crippen LogP contribution in [0.1, 0.15) is 25.8 Å². The minimum absolute atomic E-state index is 0.145. The van der Waals surface area contributed by atoms with E-state index < -0.39 is 0 Å². The monoisotopic (exact) mass is 244 g/mol. The summed E-state index contributed by atoms with van der Waals surface area (Å²) in [6, 6.07) is 2.14. The van der Waals surface area contributed by atoms with Gasteiger partial charge in [0, 0.05) is 5.75 Å². The Hall–Kier alpha value is 0.01000. The van der Waals surface area contributed by atoms with Crippen LogP contribution in [0.2, 0.25) is 0 Å². The highest BCUT2D eigenvalue weighted by Gasteiger charge is 2.05. The maximum atomic E-state index is 9.74. The molecular weight excluding hydrogens is 224 g/mol. The largest absolute Gasteiger partial charge is 0.392 e. The molecule has 1 heterocycles. The molecule has 0 fully saturated rings. The number of aliphatic hydroxyl groups is 1. The van der Waals surface area contributed by atoms with Gasteiger partial charge >= 0.3 is 0 Å². The lowest BCUT2D eigenvalue weighted by Crippen LogP contribution is -2.12. The van der Waals surface area contributed by atoms with Crippen LogP contribution in [-0.2, 0) is 6.42 Å². The highest BCUT2D eigenvalue weighted by Crippen LogP contribution is 2.14. The maximum absolute atomic E-state index is 9.74. The van der Waals surface area contributed by atoms with Gasteiger partial charge in [0.25, 0.3) is 0 Å². The fraction of sp³-hybridized carbons (Fsp3) is 0.667. The lowest BCUT2D eigenvalue weighted by atomic mass is 10.1. The van der Waals surface area contributed by atoms with Crippen molar-refractivity contribution in [2.45, 2.75) is 32.8 Å². The lowest BCUT2D eigenvalue weighted by Gasteiger charge is -2.10. The summed E-state index contributed by atoms with van der Waals surface area (Å²) in [6.45, 7) is 4.43. The Morgan fingerprint density at radius 2 is 2.20 bits per heavy atom. The molecule has 0 radical (unpaired) electrons. The van der Waals surface area contributed by atoms with Gasteiger partial charge in [0.15, 0.2) is 0 Å². The smallest absolute Gasteiger partial charge is 0.0633 e. The highest BCUT2D eigenvalue weighted by molar-refractivity contribution is 7.99. The van der Waals surface area contributed by atoms with Crippen LogP contribution < -0.4 is 0 Å². The van der Waals surface area contributed by atoms with Crippen molar-refractivity contribution in [1.29, 1.82) is 0 Å². The molecule has 0 aliphatic rings. The molecule has 1 nitrogen and oxygen atoms in total. The van der Waals surface area contributed by atoms with E-state index in [2.05, 4.69) is 30.7 Å². The normalized spacial score (nSPS) is 13.3. The molecule has 1 N–H and O–H groups in total. The van der Waals surface area contributed by atoms with Crippen molar-refractivity contribution < 1.29 is 5.11 Å². The third-order valence-electron chi connectivity index (χ3n) is 2.11. The van der Waals surface area contributed by atoms with Crippen LogP contribution in [0.4, 0.5) is 0 Å². The first-order valence-corrected chi connectivity index (χ1v) is 7.55. The fourth-order valence-corrected chi connectivity index (χ4v) is 3.04. The zero-order valence-corrected chi connectivity index (χ0v) is 11.1. The van der Waals surface area contributed by atoms with Gasteiger partial charge in [-0.2, -0.15) is 23.1 Å². The van der Waals surface area contributed by atoms with Gasteiger partial charge in [-0.1, -0.05) is 13.8 Å². The van der Waals surface area contributed by atoms with Crippen molar-refractivity contribution in [3.8, 4) is 0 Å². The van der Waals surface area contributed by atoms with E-state index in [1.54, 1.807) is 11.3 Å². The molecule has 1 aromatic rings. The zero-order chi connectivity index (χ0) is 11.1. The Morgan fingerprint density at radius 3 is 2.80 bits per heavy atom. The first kappa shape index (κ1) is 13.1. The average Bonchev–Trinajstić information content (AvgIpc) is 2.66. The van der Waals surface area contributed by atoms with Gasteiger partial charge in [-0.25, -0.2) is 0 Å². The van der Waals surface area contributed by atoms with Crippen LogP contribution in [0, 0.1) is 5.92 Å². The Bertz CT molecular complexity index is 244. The summed E-state index contributed by atoms with van der Waals surface area (Å²) < 4.78 is 0. The van der Waals surface area contributed by atoms with E-state index in [1.165, 1.54) is 5.56 Å². The van der Waals surface area contributed by atoms with Gasteiger partial charge in [0.05, 0.1) is 6.10 Å². The third kappa shape index (κ3) is 6.23. The second-order valence-corrected chi connectivity index (χ2v) is 6.11. The van der Waals surface area contributed by atoms with Crippen LogP contribution in [0.25, 0.3) is 0 Å². The van der Waals surface area contributed by atoms with E-state index in [0.29, 0.717) is 0 Å². The molecule has 0 spiro atoms. The van der Waals surface area contributed by atoms with Crippen molar-refractivity contribution in [2.24, 2.45) is 5.92 Å². The van der Waals surface area contributed by atoms with Gasteiger partial charge < -0.3 is 5.11 Å². The van der Waals surface area contributed by atoms with Crippen LogP contribution in [0.15, 0.2) is 16.8 Å². The van der Waals surface area contributed by atoms with E-state index >= 15 is 0 Å². The second-order valence-electron chi connectivity index (χ2n) is 4.26. The molecule has 0 aliphatic carbocycles. The quantitative estimate of drug-likeness (QED) is 0.793. The molecule has 1 rings (SSSR count). The molecular formula is C12H20OS2. The molecule has 86 valence electrons. The van der Waals surface area contributed by atoms with Crippen LogP contribution in [0.5, 0.6) is 0 Å². The summed E-state index contributed by atoms with van der Waals surface area (Å²) in [4.78, 5) is 0. The summed E-state index contributed by atoms with van der Waals surface area (Å²) >= 11 is 3.59. The predicted molar refractivity (Wildman–Crippen MR) is 70.8 cm³/mol. The van der Waals surface area contributed by atoms with Gasteiger partial charge in [-0.15, -0.1) is 0 Å². The second kappa shape index (κ2) is 7.31. The van der Waals surface area contributed by atoms with E-state index in [4.69, 9.17) is 0 Å². The molecule has 1 unspecified atom stereocenters. The van der Waals surface area contributed by atoms with Crippen molar-refractivity contribution in [3.05, 3.63) is 22.4 Å². The van der Waals surface area contributed by atoms with Crippen LogP contribution >= 0.6 is 23.1 Å². The molecule has 0 aromatic carbocycles. The molecule has 15 heavy (non-hydrogen) atoms. The number of hydrogen-bond acceptors (Lipinski definition) is 3. The number of hydrogen-bond donors (Lipinski definition) is 1. The molecule has 0 bridgehead atoms. The molecule has 0 saturated carbocycles. The minimum Gasteiger partial charge on any atom is -0.392 e. The molecule has 1 atom stereocenters. The van der Waals surface area contributed by atoms with Crippen LogP contribution in [0.3, 0.4) is 0 Å². The third-order valence-corrected chi connectivity index (χ3v) is 4.36. The van der Waals surface area contributed by atoms with Gasteiger partial charge in [-0.3, -0.25) is 0 Å². The van der Waals surface area contributed by atoms with Crippen molar-refractivity contribution in [1.82, 2.24) is 0 Å². The minimum atomic E-state index is -0.145. The van der Waals surface area contributed by atoms with E-state index in [0.717, 1.165) is 30.3 Å². The molecule has 3 heteroatoms. The summed E-state index contributed by atoms with van der Waals surface area (Å²) in [7, 11) is 0. The number of thioether (sulfide) groups is 1. The molecule has 0 amide bonds. The summed E-state index contributed by atoms with van der Waals surface area (Å²) in [6.07, 6.45) is 1.75. The molecule has 1 aromatic heterocycles. The van der Waals surface area contributed by atoms with E-state index in [9.17, 15) is 5.11 Å². The number of aliphatic hydroxyl groups excluding tert-OH is 1. The van der Waals surface area contributed by atoms with E-state index in [1.807, 2.05) is 11.8 Å². The van der Waals surface area contributed by atoms with Crippen molar-refractivity contribution >= 4 is 23.1 Å². The Balaban J connectivity index is 2.06. The topological polar surface area (TPSA) is 20.2 Å². The fourth-order valence-electron chi connectivity index (χ4n) is 1.29. The Morgan fingerprint density at radius 1 is 1.40 bits per heavy atom. The predicted octanol–water partition coefficient (Wildman–Crippen LogP) is 3.43. The van der Waals surface area contributed by atoms with Gasteiger partial charge in [0.2, 0.25) is 0 Å². The van der Waals surface area contributed by atoms with Crippen molar-refractivity contribution in [3.63, 3.8) is 0 Å². The summed E-state index contributed by atoms with van der Waals surface area (Å²) in [5, 5.41) is 14.0.